The highest BCUT2D eigenvalue weighted by molar-refractivity contribution is 7.80. The molecule has 0 heterocycles. The number of rotatable bonds is 0. The van der Waals surface area contributed by atoms with Crippen molar-refractivity contribution in [2.24, 2.45) is 0 Å². The Hall–Kier alpha value is -1.36. The molecule has 0 atom stereocenters. The highest BCUT2D eigenvalue weighted by Crippen LogP contribution is 2.13. The summed E-state index contributed by atoms with van der Waals surface area (Å²) in [4.78, 5) is 9.40. The number of benzene rings is 1. The monoisotopic (exact) mass is 187 g/mol. The number of para-hydroxylation sites is 1. The highest BCUT2D eigenvalue weighted by Gasteiger charge is 1.85. The highest BCUT2D eigenvalue weighted by atomic mass is 32.1. The molecule has 0 unspecified atom stereocenters. The molecular weight excluding hydrogens is 178 g/mol. The molecule has 0 saturated heterocycles. The molecule has 0 saturated carbocycles. The fourth-order valence-electron chi connectivity index (χ4n) is 0.488. The fraction of sp³-hybridized carbons (Fsp3) is 0. The van der Waals surface area contributed by atoms with Crippen LogP contribution in [0.4, 0.5) is 10.5 Å². The second-order valence-corrected chi connectivity index (χ2v) is 2.32. The topological polar surface area (TPSA) is 83.6 Å². The van der Waals surface area contributed by atoms with E-state index in [0.29, 0.717) is 0 Å². The van der Waals surface area contributed by atoms with Crippen molar-refractivity contribution in [3.8, 4) is 0 Å². The predicted octanol–water partition coefficient (Wildman–Crippen LogP) is 1.78. The number of hydrogen-bond acceptors (Lipinski definition) is 3. The summed E-state index contributed by atoms with van der Waals surface area (Å²) in [7, 11) is 0. The average Bonchev–Trinajstić information content (AvgIpc) is 1.94. The minimum Gasteiger partial charge on any atom is -0.450 e. The summed E-state index contributed by atoms with van der Waals surface area (Å²) < 4.78 is 0. The van der Waals surface area contributed by atoms with Gasteiger partial charge in [0, 0.05) is 10.6 Å². The molecule has 4 nitrogen and oxygen atoms in total. The summed E-state index contributed by atoms with van der Waals surface area (Å²) >= 11 is 4.07. The number of nitrogens with two attached hydrogens (primary N) is 1. The van der Waals surface area contributed by atoms with Crippen molar-refractivity contribution in [1.29, 1.82) is 0 Å². The summed E-state index contributed by atoms with van der Waals surface area (Å²) in [6.07, 6.45) is -1.83. The quantitative estimate of drug-likeness (QED) is 0.368. The van der Waals surface area contributed by atoms with E-state index in [9.17, 15) is 0 Å². The van der Waals surface area contributed by atoms with Crippen molar-refractivity contribution in [1.82, 2.24) is 0 Å². The average molecular weight is 187 g/mol. The van der Waals surface area contributed by atoms with Gasteiger partial charge in [-0.1, -0.05) is 12.1 Å². The third-order valence-electron chi connectivity index (χ3n) is 0.937. The van der Waals surface area contributed by atoms with Gasteiger partial charge in [0.15, 0.2) is 0 Å². The van der Waals surface area contributed by atoms with Crippen molar-refractivity contribution in [3.63, 3.8) is 0 Å². The Morgan fingerprint density at radius 2 is 1.75 bits per heavy atom. The zero-order chi connectivity index (χ0) is 9.56. The fourth-order valence-corrected chi connectivity index (χ4v) is 0.648. The van der Waals surface area contributed by atoms with Gasteiger partial charge in [-0.25, -0.2) is 4.79 Å². The Balaban J connectivity index is 0.000000261. The Morgan fingerprint density at radius 3 is 2.00 bits per heavy atom. The molecule has 4 N–H and O–H groups in total. The minimum absolute atomic E-state index is 0.732. The first kappa shape index (κ1) is 10.6. The molecule has 0 spiro atoms. The molecule has 1 aromatic carbocycles. The minimum atomic E-state index is -1.83. The molecule has 5 heteroatoms. The molecule has 0 amide bonds. The van der Waals surface area contributed by atoms with Gasteiger partial charge in [-0.2, -0.15) is 0 Å². The van der Waals surface area contributed by atoms with E-state index in [1.807, 2.05) is 24.3 Å². The Labute approximate surface area is 75.0 Å². The van der Waals surface area contributed by atoms with Crippen molar-refractivity contribution < 1.29 is 15.0 Å². The van der Waals surface area contributed by atoms with Crippen molar-refractivity contribution >= 4 is 24.5 Å². The van der Waals surface area contributed by atoms with Gasteiger partial charge in [-0.05, 0) is 12.1 Å². The predicted molar refractivity (Wildman–Crippen MR) is 48.8 cm³/mol. The summed E-state index contributed by atoms with van der Waals surface area (Å²) in [6.45, 7) is 0. The Morgan fingerprint density at radius 1 is 1.33 bits per heavy atom. The maximum Gasteiger partial charge on any atom is 0.503 e. The van der Waals surface area contributed by atoms with E-state index in [2.05, 4.69) is 12.6 Å². The standard InChI is InChI=1S/C6H7NS.CH2O3/c7-5-3-1-2-4-6(5)8;2-1(3)4/h1-4,8H,7H2;(H2,2,3,4). The van der Waals surface area contributed by atoms with Crippen LogP contribution in [0.2, 0.25) is 0 Å². The lowest BCUT2D eigenvalue weighted by atomic mass is 10.3. The summed E-state index contributed by atoms with van der Waals surface area (Å²) in [5.74, 6) is 0. The van der Waals surface area contributed by atoms with Gasteiger partial charge in [-0.3, -0.25) is 0 Å². The molecule has 0 aliphatic rings. The normalized spacial score (nSPS) is 8.08. The van der Waals surface area contributed by atoms with Crippen molar-refractivity contribution in [2.45, 2.75) is 4.90 Å². The number of carbonyl (C=O) groups is 1. The van der Waals surface area contributed by atoms with Gasteiger partial charge >= 0.3 is 6.16 Å². The zero-order valence-electron chi connectivity index (χ0n) is 6.14. The SMILES string of the molecule is Nc1ccccc1S.O=C(O)O. The molecule has 0 radical (unpaired) electrons. The molecule has 66 valence electrons. The molecule has 0 bridgehead atoms. The van der Waals surface area contributed by atoms with Gasteiger partial charge < -0.3 is 15.9 Å². The van der Waals surface area contributed by atoms with Crippen LogP contribution in [-0.4, -0.2) is 16.4 Å². The molecule has 12 heavy (non-hydrogen) atoms. The number of hydrogen-bond donors (Lipinski definition) is 4. The maximum absolute atomic E-state index is 8.56. The van der Waals surface area contributed by atoms with Crippen LogP contribution in [0.25, 0.3) is 0 Å². The second-order valence-electron chi connectivity index (χ2n) is 1.84. The largest absolute Gasteiger partial charge is 0.503 e. The van der Waals surface area contributed by atoms with Crippen LogP contribution in [-0.2, 0) is 0 Å². The van der Waals surface area contributed by atoms with Crippen LogP contribution >= 0.6 is 12.6 Å². The number of carboxylic acid groups (broad SMARTS) is 2. The summed E-state index contributed by atoms with van der Waals surface area (Å²) in [5, 5.41) is 13.9. The molecule has 0 aromatic heterocycles. The van der Waals surface area contributed by atoms with E-state index in [0.717, 1.165) is 10.6 Å². The first-order valence-electron chi connectivity index (χ1n) is 2.99. The van der Waals surface area contributed by atoms with E-state index in [4.69, 9.17) is 20.7 Å². The molecule has 1 rings (SSSR count). The van der Waals surface area contributed by atoms with Crippen LogP contribution in [0.5, 0.6) is 0 Å². The van der Waals surface area contributed by atoms with Gasteiger partial charge in [0.2, 0.25) is 0 Å². The third kappa shape index (κ3) is 5.43. The Bertz CT molecular complexity index is 240. The number of nitrogen functional groups attached to an aromatic ring is 1. The second kappa shape index (κ2) is 5.31. The number of anilines is 1. The smallest absolute Gasteiger partial charge is 0.450 e. The zero-order valence-corrected chi connectivity index (χ0v) is 7.03. The first-order valence-corrected chi connectivity index (χ1v) is 3.44. The lowest BCUT2D eigenvalue weighted by molar-refractivity contribution is 0.137. The third-order valence-corrected chi connectivity index (χ3v) is 1.34. The molecular formula is C7H9NO3S. The van der Waals surface area contributed by atoms with E-state index in [-0.39, 0.29) is 0 Å². The Kier molecular flexibility index (Phi) is 4.71. The van der Waals surface area contributed by atoms with E-state index >= 15 is 0 Å². The van der Waals surface area contributed by atoms with Gasteiger partial charge in [0.25, 0.3) is 0 Å². The molecule has 1 aromatic rings. The van der Waals surface area contributed by atoms with Crippen LogP contribution in [0.1, 0.15) is 0 Å². The lowest BCUT2D eigenvalue weighted by Crippen LogP contribution is -1.83. The van der Waals surface area contributed by atoms with Gasteiger partial charge in [0.1, 0.15) is 0 Å². The van der Waals surface area contributed by atoms with Gasteiger partial charge in [-0.15, -0.1) is 12.6 Å². The van der Waals surface area contributed by atoms with Gasteiger partial charge in [0.05, 0.1) is 0 Å². The van der Waals surface area contributed by atoms with Crippen LogP contribution in [0.15, 0.2) is 29.2 Å². The molecule has 0 aliphatic heterocycles. The maximum atomic E-state index is 8.56. The summed E-state index contributed by atoms with van der Waals surface area (Å²) in [5.41, 5.74) is 6.18. The van der Waals surface area contributed by atoms with E-state index < -0.39 is 6.16 Å². The van der Waals surface area contributed by atoms with Crippen LogP contribution in [0.3, 0.4) is 0 Å². The van der Waals surface area contributed by atoms with E-state index in [1.54, 1.807) is 0 Å². The van der Waals surface area contributed by atoms with Crippen LogP contribution < -0.4 is 5.73 Å². The van der Waals surface area contributed by atoms with Crippen molar-refractivity contribution in [3.05, 3.63) is 24.3 Å². The van der Waals surface area contributed by atoms with Crippen molar-refractivity contribution in [2.75, 3.05) is 5.73 Å². The lowest BCUT2D eigenvalue weighted by Gasteiger charge is -1.92. The molecule has 0 aliphatic carbocycles. The molecule has 0 fully saturated rings. The first-order chi connectivity index (χ1) is 5.54. The van der Waals surface area contributed by atoms with E-state index in [1.165, 1.54) is 0 Å². The number of thiol groups is 1. The summed E-state index contributed by atoms with van der Waals surface area (Å²) in [6, 6.07) is 7.47. The van der Waals surface area contributed by atoms with Crippen LogP contribution in [0, 0.1) is 0 Å².